The summed E-state index contributed by atoms with van der Waals surface area (Å²) in [6, 6.07) is 67.3. The van der Waals surface area contributed by atoms with Crippen molar-refractivity contribution in [2.45, 2.75) is 0 Å². The van der Waals surface area contributed by atoms with E-state index >= 15 is 0 Å². The summed E-state index contributed by atoms with van der Waals surface area (Å²) < 4.78 is 2.30. The van der Waals surface area contributed by atoms with Gasteiger partial charge in [-0.15, -0.1) is 0 Å². The number of benzene rings is 9. The van der Waals surface area contributed by atoms with Crippen molar-refractivity contribution in [1.29, 1.82) is 0 Å². The summed E-state index contributed by atoms with van der Waals surface area (Å²) >= 11 is 0. The lowest BCUT2D eigenvalue weighted by atomic mass is 9.91. The number of aromatic nitrogens is 3. The van der Waals surface area contributed by atoms with Crippen molar-refractivity contribution >= 4 is 65.0 Å². The van der Waals surface area contributed by atoms with Gasteiger partial charge in [-0.25, -0.2) is 9.97 Å². The minimum Gasteiger partial charge on any atom is -0.278 e. The zero-order chi connectivity index (χ0) is 34.9. The zero-order valence-corrected chi connectivity index (χ0v) is 28.7. The Bertz CT molecular complexity index is 3210. The number of para-hydroxylation sites is 1. The minimum absolute atomic E-state index is 0.653. The van der Waals surface area contributed by atoms with E-state index in [1.165, 1.54) is 65.3 Å². The summed E-state index contributed by atoms with van der Waals surface area (Å²) in [6.45, 7) is 0. The topological polar surface area (TPSA) is 30.7 Å². The molecule has 0 unspecified atom stereocenters. The second-order valence-electron chi connectivity index (χ2n) is 13.7. The maximum atomic E-state index is 5.48. The van der Waals surface area contributed by atoms with Crippen LogP contribution in [-0.4, -0.2) is 14.5 Å². The number of hydrogen-bond donors (Lipinski definition) is 0. The summed E-state index contributed by atoms with van der Waals surface area (Å²) in [4.78, 5) is 10.8. The summed E-state index contributed by atoms with van der Waals surface area (Å²) in [5, 5.41) is 10.8. The van der Waals surface area contributed by atoms with Gasteiger partial charge in [-0.05, 0) is 72.8 Å². The molecule has 0 saturated heterocycles. The van der Waals surface area contributed by atoms with E-state index in [1.807, 2.05) is 0 Å². The first-order chi connectivity index (χ1) is 26.3. The molecule has 0 N–H and O–H groups in total. The molecule has 3 nitrogen and oxygen atoms in total. The van der Waals surface area contributed by atoms with Gasteiger partial charge in [0.25, 0.3) is 0 Å². The van der Waals surface area contributed by atoms with Gasteiger partial charge in [-0.2, -0.15) is 0 Å². The monoisotopic (exact) mass is 673 g/mol. The van der Waals surface area contributed by atoms with E-state index < -0.39 is 0 Å². The molecule has 3 heteroatoms. The lowest BCUT2D eigenvalue weighted by molar-refractivity contribution is 1.01. The largest absolute Gasteiger partial charge is 0.278 e. The first kappa shape index (κ1) is 29.6. The zero-order valence-electron chi connectivity index (χ0n) is 28.7. The molecule has 0 aliphatic carbocycles. The Morgan fingerprint density at radius 2 is 0.925 bits per heavy atom. The van der Waals surface area contributed by atoms with Crippen molar-refractivity contribution < 1.29 is 0 Å². The van der Waals surface area contributed by atoms with Crippen molar-refractivity contribution in [3.05, 3.63) is 188 Å². The van der Waals surface area contributed by atoms with Gasteiger partial charge < -0.3 is 0 Å². The number of fused-ring (bicyclic) bond motifs is 9. The van der Waals surface area contributed by atoms with Crippen LogP contribution >= 0.6 is 0 Å². The maximum Gasteiger partial charge on any atom is 0.235 e. The molecule has 2 heterocycles. The molecule has 0 aliphatic heterocycles. The van der Waals surface area contributed by atoms with E-state index in [0.29, 0.717) is 5.95 Å². The average molecular weight is 674 g/mol. The molecule has 2 aromatic heterocycles. The van der Waals surface area contributed by atoms with E-state index in [1.54, 1.807) is 0 Å². The molecule has 0 fully saturated rings. The van der Waals surface area contributed by atoms with Crippen LogP contribution in [-0.2, 0) is 0 Å². The van der Waals surface area contributed by atoms with Crippen LogP contribution in [0.5, 0.6) is 0 Å². The highest BCUT2D eigenvalue weighted by molar-refractivity contribution is 6.30. The Morgan fingerprint density at radius 3 is 1.74 bits per heavy atom. The predicted octanol–water partition coefficient (Wildman–Crippen LogP) is 13.2. The Hall–Kier alpha value is -7.10. The van der Waals surface area contributed by atoms with Crippen molar-refractivity contribution in [2.75, 3.05) is 0 Å². The summed E-state index contributed by atoms with van der Waals surface area (Å²) in [5.41, 5.74) is 9.81. The molecule has 0 radical (unpaired) electrons. The molecule has 0 aliphatic rings. The first-order valence-electron chi connectivity index (χ1n) is 18.1. The molecule has 0 bridgehead atoms. The lowest BCUT2D eigenvalue weighted by Crippen LogP contribution is -2.03. The SMILES string of the molecule is c1ccc(-c2ccc(-c3nc(-n4c5ccc6ccccc6c5c5c6ccccc6c(-c6cccc7ccccc67)cc54)nc4ccccc34)cc2)cc1. The van der Waals surface area contributed by atoms with Crippen LogP contribution in [0.1, 0.15) is 0 Å². The van der Waals surface area contributed by atoms with Crippen LogP contribution in [0.2, 0.25) is 0 Å². The minimum atomic E-state index is 0.653. The third kappa shape index (κ3) is 4.61. The van der Waals surface area contributed by atoms with E-state index in [-0.39, 0.29) is 0 Å². The standard InChI is InChI=1S/C50H31N3/c1-2-13-32(14-3-1)33-25-27-36(28-26-33)49-42-22-10-11-24-44(42)51-50(52-49)53-45-30-29-35-16-5-7-19-38(35)47(45)48-41-21-9-8-20-40(41)43(31-46(48)53)39-23-12-17-34-15-4-6-18-37(34)39/h1-31H. The van der Waals surface area contributed by atoms with Crippen molar-refractivity contribution in [1.82, 2.24) is 14.5 Å². The van der Waals surface area contributed by atoms with Crippen LogP contribution in [0.4, 0.5) is 0 Å². The number of rotatable bonds is 4. The molecule has 246 valence electrons. The maximum absolute atomic E-state index is 5.48. The highest BCUT2D eigenvalue weighted by atomic mass is 15.2. The summed E-state index contributed by atoms with van der Waals surface area (Å²) in [6.07, 6.45) is 0. The lowest BCUT2D eigenvalue weighted by Gasteiger charge is -2.14. The van der Waals surface area contributed by atoms with Crippen LogP contribution < -0.4 is 0 Å². The average Bonchev–Trinajstić information content (AvgIpc) is 3.58. The highest BCUT2D eigenvalue weighted by Crippen LogP contribution is 2.45. The van der Waals surface area contributed by atoms with Crippen LogP contribution in [0.25, 0.3) is 104 Å². The molecular formula is C50H31N3. The summed E-state index contributed by atoms with van der Waals surface area (Å²) in [7, 11) is 0. The molecule has 53 heavy (non-hydrogen) atoms. The quantitative estimate of drug-likeness (QED) is 0.186. The van der Waals surface area contributed by atoms with E-state index in [2.05, 4.69) is 193 Å². The Morgan fingerprint density at radius 1 is 0.340 bits per heavy atom. The van der Waals surface area contributed by atoms with Gasteiger partial charge in [0.2, 0.25) is 5.95 Å². The van der Waals surface area contributed by atoms with E-state index in [4.69, 9.17) is 9.97 Å². The van der Waals surface area contributed by atoms with Crippen LogP contribution in [0.15, 0.2) is 188 Å². The molecule has 0 spiro atoms. The third-order valence-electron chi connectivity index (χ3n) is 10.8. The second-order valence-corrected chi connectivity index (χ2v) is 13.7. The normalized spacial score (nSPS) is 11.8. The fraction of sp³-hybridized carbons (Fsp3) is 0. The van der Waals surface area contributed by atoms with Gasteiger partial charge in [0.05, 0.1) is 22.2 Å². The fourth-order valence-corrected chi connectivity index (χ4v) is 8.37. The van der Waals surface area contributed by atoms with Gasteiger partial charge in [-0.3, -0.25) is 4.57 Å². The number of nitrogens with zero attached hydrogens (tertiary/aromatic N) is 3. The van der Waals surface area contributed by atoms with Gasteiger partial charge in [-0.1, -0.05) is 170 Å². The molecule has 11 rings (SSSR count). The second kappa shape index (κ2) is 11.7. The van der Waals surface area contributed by atoms with Gasteiger partial charge in [0.15, 0.2) is 0 Å². The fourth-order valence-electron chi connectivity index (χ4n) is 8.37. The molecule has 9 aromatic carbocycles. The van der Waals surface area contributed by atoms with Crippen molar-refractivity contribution in [3.8, 4) is 39.5 Å². The van der Waals surface area contributed by atoms with Crippen molar-refractivity contribution in [3.63, 3.8) is 0 Å². The van der Waals surface area contributed by atoms with Gasteiger partial charge >= 0.3 is 0 Å². The molecule has 0 atom stereocenters. The third-order valence-corrected chi connectivity index (χ3v) is 10.8. The first-order valence-corrected chi connectivity index (χ1v) is 18.1. The Kier molecular flexibility index (Phi) is 6.55. The number of hydrogen-bond acceptors (Lipinski definition) is 2. The van der Waals surface area contributed by atoms with Gasteiger partial charge in [0, 0.05) is 21.7 Å². The Labute approximate surface area is 306 Å². The van der Waals surface area contributed by atoms with Crippen LogP contribution in [0.3, 0.4) is 0 Å². The molecule has 0 amide bonds. The molecular weight excluding hydrogens is 643 g/mol. The smallest absolute Gasteiger partial charge is 0.235 e. The van der Waals surface area contributed by atoms with E-state index in [0.717, 1.165) is 33.2 Å². The van der Waals surface area contributed by atoms with Crippen molar-refractivity contribution in [2.24, 2.45) is 0 Å². The molecule has 0 saturated carbocycles. The molecule has 11 aromatic rings. The van der Waals surface area contributed by atoms with Gasteiger partial charge in [0.1, 0.15) is 0 Å². The summed E-state index contributed by atoms with van der Waals surface area (Å²) in [5.74, 6) is 0.653. The highest BCUT2D eigenvalue weighted by Gasteiger charge is 2.22. The predicted molar refractivity (Wildman–Crippen MR) is 223 cm³/mol. The Balaban J connectivity index is 1.26. The van der Waals surface area contributed by atoms with E-state index in [9.17, 15) is 0 Å². The van der Waals surface area contributed by atoms with Crippen LogP contribution in [0, 0.1) is 0 Å².